The predicted octanol–water partition coefficient (Wildman–Crippen LogP) is 0.235. The van der Waals surface area contributed by atoms with E-state index in [1.54, 1.807) is 7.11 Å². The van der Waals surface area contributed by atoms with Crippen LogP contribution in [0.15, 0.2) is 0 Å². The monoisotopic (exact) mass is 200 g/mol. The maximum absolute atomic E-state index is 11.1. The second-order valence-electron chi connectivity index (χ2n) is 3.64. The second kappa shape index (κ2) is 6.79. The third-order valence-corrected chi connectivity index (χ3v) is 2.45. The van der Waals surface area contributed by atoms with E-state index in [0.717, 1.165) is 45.6 Å². The van der Waals surface area contributed by atoms with Crippen LogP contribution in [0.1, 0.15) is 19.3 Å². The molecular weight excluding hydrogens is 180 g/mol. The Hall–Kier alpha value is -0.610. The quantitative estimate of drug-likeness (QED) is 0.661. The highest BCUT2D eigenvalue weighted by Gasteiger charge is 2.10. The molecule has 0 unspecified atom stereocenters. The summed E-state index contributed by atoms with van der Waals surface area (Å²) in [4.78, 5) is 13.4. The van der Waals surface area contributed by atoms with Crippen molar-refractivity contribution < 1.29 is 9.53 Å². The first-order chi connectivity index (χ1) is 6.83. The first kappa shape index (κ1) is 11.5. The minimum atomic E-state index is 0.196. The first-order valence-electron chi connectivity index (χ1n) is 5.31. The number of methoxy groups -OCH3 is 1. The minimum Gasteiger partial charge on any atom is -0.385 e. The highest BCUT2D eigenvalue weighted by atomic mass is 16.5. The van der Waals surface area contributed by atoms with Gasteiger partial charge in [-0.1, -0.05) is 0 Å². The van der Waals surface area contributed by atoms with Gasteiger partial charge in [0, 0.05) is 39.8 Å². The molecule has 1 fully saturated rings. The van der Waals surface area contributed by atoms with Crippen LogP contribution >= 0.6 is 0 Å². The van der Waals surface area contributed by atoms with Crippen molar-refractivity contribution in [2.75, 3.05) is 39.9 Å². The molecule has 1 saturated heterocycles. The van der Waals surface area contributed by atoms with E-state index in [2.05, 4.69) is 10.2 Å². The summed E-state index contributed by atoms with van der Waals surface area (Å²) >= 11 is 0. The lowest BCUT2D eigenvalue weighted by molar-refractivity contribution is -0.121. The lowest BCUT2D eigenvalue weighted by atomic mass is 10.2. The summed E-state index contributed by atoms with van der Waals surface area (Å²) in [6, 6.07) is 0. The van der Waals surface area contributed by atoms with E-state index in [9.17, 15) is 4.79 Å². The fourth-order valence-electron chi connectivity index (χ4n) is 1.67. The van der Waals surface area contributed by atoms with E-state index >= 15 is 0 Å². The van der Waals surface area contributed by atoms with Gasteiger partial charge in [-0.3, -0.25) is 4.79 Å². The van der Waals surface area contributed by atoms with E-state index in [-0.39, 0.29) is 5.91 Å². The number of amides is 1. The molecule has 1 heterocycles. The zero-order chi connectivity index (χ0) is 10.2. The van der Waals surface area contributed by atoms with Gasteiger partial charge in [0.05, 0.1) is 0 Å². The van der Waals surface area contributed by atoms with E-state index in [1.165, 1.54) is 0 Å². The van der Waals surface area contributed by atoms with Crippen molar-refractivity contribution in [3.05, 3.63) is 0 Å². The number of carbonyl (C=O) groups excluding carboxylic acids is 1. The molecule has 0 saturated carbocycles. The van der Waals surface area contributed by atoms with Crippen LogP contribution in [0.25, 0.3) is 0 Å². The highest BCUT2D eigenvalue weighted by Crippen LogP contribution is 2.00. The molecule has 1 N–H and O–H groups in total. The van der Waals surface area contributed by atoms with Crippen LogP contribution < -0.4 is 5.32 Å². The van der Waals surface area contributed by atoms with Gasteiger partial charge in [-0.2, -0.15) is 0 Å². The third-order valence-electron chi connectivity index (χ3n) is 2.45. The van der Waals surface area contributed by atoms with Crippen LogP contribution in [0.5, 0.6) is 0 Å². The molecule has 14 heavy (non-hydrogen) atoms. The van der Waals surface area contributed by atoms with Crippen LogP contribution in [-0.4, -0.2) is 50.7 Å². The number of nitrogens with one attached hydrogen (secondary N) is 1. The standard InChI is InChI=1S/C10H20N2O2/c1-14-9-3-7-12-6-2-4-10(13)11-5-8-12/h2-9H2,1H3,(H,11,13). The van der Waals surface area contributed by atoms with Gasteiger partial charge in [-0.25, -0.2) is 0 Å². The summed E-state index contributed by atoms with van der Waals surface area (Å²) in [6.45, 7) is 4.69. The summed E-state index contributed by atoms with van der Waals surface area (Å²) in [5, 5.41) is 2.89. The number of rotatable bonds is 4. The Morgan fingerprint density at radius 1 is 1.50 bits per heavy atom. The number of ether oxygens (including phenoxy) is 1. The van der Waals surface area contributed by atoms with Crippen molar-refractivity contribution in [2.45, 2.75) is 19.3 Å². The first-order valence-corrected chi connectivity index (χ1v) is 5.31. The van der Waals surface area contributed by atoms with E-state index in [4.69, 9.17) is 4.74 Å². The Morgan fingerprint density at radius 2 is 2.36 bits per heavy atom. The fourth-order valence-corrected chi connectivity index (χ4v) is 1.67. The molecule has 0 aromatic carbocycles. The molecular formula is C10H20N2O2. The lowest BCUT2D eigenvalue weighted by Gasteiger charge is -2.24. The van der Waals surface area contributed by atoms with Crippen molar-refractivity contribution in [1.82, 2.24) is 10.2 Å². The number of nitrogens with zero attached hydrogens (tertiary/aromatic N) is 1. The van der Waals surface area contributed by atoms with Gasteiger partial charge >= 0.3 is 0 Å². The maximum atomic E-state index is 11.1. The van der Waals surface area contributed by atoms with Crippen LogP contribution in [0, 0.1) is 0 Å². The van der Waals surface area contributed by atoms with Crippen molar-refractivity contribution >= 4 is 5.91 Å². The van der Waals surface area contributed by atoms with Gasteiger partial charge in [0.25, 0.3) is 0 Å². The van der Waals surface area contributed by atoms with Gasteiger partial charge in [0.15, 0.2) is 0 Å². The average Bonchev–Trinajstić information content (AvgIpc) is 2.14. The molecule has 0 aliphatic carbocycles. The summed E-state index contributed by atoms with van der Waals surface area (Å²) in [7, 11) is 1.73. The van der Waals surface area contributed by atoms with Crippen molar-refractivity contribution in [2.24, 2.45) is 0 Å². The molecule has 1 rings (SSSR count). The van der Waals surface area contributed by atoms with E-state index in [1.807, 2.05) is 0 Å². The number of carbonyl (C=O) groups is 1. The third kappa shape index (κ3) is 4.58. The smallest absolute Gasteiger partial charge is 0.220 e. The molecule has 4 nitrogen and oxygen atoms in total. The Kier molecular flexibility index (Phi) is 5.56. The molecule has 82 valence electrons. The fraction of sp³-hybridized carbons (Fsp3) is 0.900. The van der Waals surface area contributed by atoms with Gasteiger partial charge in [-0.15, -0.1) is 0 Å². The van der Waals surface area contributed by atoms with Gasteiger partial charge in [0.2, 0.25) is 5.91 Å². The minimum absolute atomic E-state index is 0.196. The number of hydrogen-bond acceptors (Lipinski definition) is 3. The van der Waals surface area contributed by atoms with Crippen molar-refractivity contribution in [1.29, 1.82) is 0 Å². The summed E-state index contributed by atoms with van der Waals surface area (Å²) in [6.07, 6.45) is 2.71. The zero-order valence-electron chi connectivity index (χ0n) is 8.92. The summed E-state index contributed by atoms with van der Waals surface area (Å²) < 4.78 is 5.01. The van der Waals surface area contributed by atoms with Gasteiger partial charge in [-0.05, 0) is 19.4 Å². The molecule has 0 atom stereocenters. The normalized spacial score (nSPS) is 19.9. The van der Waals surface area contributed by atoms with Gasteiger partial charge in [0.1, 0.15) is 0 Å². The van der Waals surface area contributed by atoms with Crippen LogP contribution in [0.4, 0.5) is 0 Å². The topological polar surface area (TPSA) is 41.6 Å². The van der Waals surface area contributed by atoms with Gasteiger partial charge < -0.3 is 15.0 Å². The van der Waals surface area contributed by atoms with Crippen molar-refractivity contribution in [3.63, 3.8) is 0 Å². The highest BCUT2D eigenvalue weighted by molar-refractivity contribution is 5.75. The number of hydrogen-bond donors (Lipinski definition) is 1. The van der Waals surface area contributed by atoms with Crippen LogP contribution in [-0.2, 0) is 9.53 Å². The molecule has 0 bridgehead atoms. The molecule has 1 aliphatic rings. The van der Waals surface area contributed by atoms with Crippen molar-refractivity contribution in [3.8, 4) is 0 Å². The molecule has 0 radical (unpaired) electrons. The summed E-state index contributed by atoms with van der Waals surface area (Å²) in [5.74, 6) is 0.196. The molecule has 4 heteroatoms. The van der Waals surface area contributed by atoms with Crippen LogP contribution in [0.2, 0.25) is 0 Å². The van der Waals surface area contributed by atoms with Crippen LogP contribution in [0.3, 0.4) is 0 Å². The molecule has 1 amide bonds. The Bertz CT molecular complexity index is 162. The average molecular weight is 200 g/mol. The Morgan fingerprint density at radius 3 is 3.14 bits per heavy atom. The largest absolute Gasteiger partial charge is 0.385 e. The SMILES string of the molecule is COCCCN1CCCC(=O)NCC1. The van der Waals surface area contributed by atoms with E-state index < -0.39 is 0 Å². The van der Waals surface area contributed by atoms with E-state index in [0.29, 0.717) is 6.42 Å². The Labute approximate surface area is 85.6 Å². The lowest BCUT2D eigenvalue weighted by Crippen LogP contribution is -2.39. The maximum Gasteiger partial charge on any atom is 0.220 e. The second-order valence-corrected chi connectivity index (χ2v) is 3.64. The zero-order valence-corrected chi connectivity index (χ0v) is 8.92. The predicted molar refractivity (Wildman–Crippen MR) is 55.2 cm³/mol. The molecule has 0 aromatic rings. The molecule has 0 aromatic heterocycles. The summed E-state index contributed by atoms with van der Waals surface area (Å²) in [5.41, 5.74) is 0. The Balaban J connectivity index is 2.15. The molecule has 1 aliphatic heterocycles. The molecule has 0 spiro atoms.